The van der Waals surface area contributed by atoms with Gasteiger partial charge in [-0.05, 0) is 37.1 Å². The Bertz CT molecular complexity index is 1900. The number of thiazole rings is 1. The van der Waals surface area contributed by atoms with Gasteiger partial charge in [0.05, 0.1) is 28.5 Å². The predicted octanol–water partition coefficient (Wildman–Crippen LogP) is 4.80. The van der Waals surface area contributed by atoms with E-state index in [1.807, 2.05) is 66.7 Å². The first-order chi connectivity index (χ1) is 19.0. The maximum absolute atomic E-state index is 14.0. The molecule has 0 radical (unpaired) electrons. The van der Waals surface area contributed by atoms with E-state index < -0.39 is 12.0 Å². The average Bonchev–Trinajstić information content (AvgIpc) is 3.45. The zero-order chi connectivity index (χ0) is 26.9. The highest BCUT2D eigenvalue weighted by Gasteiger charge is 2.33. The molecule has 3 aromatic carbocycles. The number of rotatable bonds is 6. The topological polar surface area (TPSA) is 65.6 Å². The van der Waals surface area contributed by atoms with Gasteiger partial charge < -0.3 is 9.30 Å². The molecule has 194 valence electrons. The Morgan fingerprint density at radius 2 is 1.69 bits per heavy atom. The fraction of sp³-hybridized carbons (Fsp3) is 0.156. The molecule has 3 heterocycles. The molecule has 0 fully saturated rings. The average molecular weight is 534 g/mol. The Morgan fingerprint density at radius 3 is 2.44 bits per heavy atom. The Kier molecular flexibility index (Phi) is 6.59. The normalized spacial score (nSPS) is 15.3. The van der Waals surface area contributed by atoms with Gasteiger partial charge >= 0.3 is 5.97 Å². The zero-order valence-corrected chi connectivity index (χ0v) is 22.5. The highest BCUT2D eigenvalue weighted by molar-refractivity contribution is 7.07. The minimum Gasteiger partial charge on any atom is -0.463 e. The van der Waals surface area contributed by atoms with Crippen LogP contribution in [0.3, 0.4) is 0 Å². The standard InChI is InChI=1S/C32H27N3O3S/c1-3-38-31(37)28-21(2)33-32-35(29(28)23-14-8-5-9-15-23)30(36)27(39-32)18-24-20-34(19-22-12-6-4-7-13-22)26-17-11-10-16-25(24)26/h4-18,20,29H,3,19H2,1-2H3/b27-18+/t29-/m1/s1. The number of benzene rings is 3. The number of aromatic nitrogens is 2. The Hall–Kier alpha value is -4.49. The van der Waals surface area contributed by atoms with Gasteiger partial charge in [-0.25, -0.2) is 9.79 Å². The van der Waals surface area contributed by atoms with Gasteiger partial charge in [-0.3, -0.25) is 9.36 Å². The first-order valence-electron chi connectivity index (χ1n) is 12.9. The maximum atomic E-state index is 14.0. The third-order valence-corrected chi connectivity index (χ3v) is 7.92. The number of esters is 1. The summed E-state index contributed by atoms with van der Waals surface area (Å²) < 4.78 is 9.79. The molecule has 0 saturated heterocycles. The molecule has 1 aliphatic rings. The van der Waals surface area contributed by atoms with E-state index in [9.17, 15) is 9.59 Å². The van der Waals surface area contributed by atoms with Crippen molar-refractivity contribution in [1.82, 2.24) is 9.13 Å². The Morgan fingerprint density at radius 1 is 1.00 bits per heavy atom. The minimum absolute atomic E-state index is 0.179. The summed E-state index contributed by atoms with van der Waals surface area (Å²) in [6, 6.07) is 27.5. The molecule has 1 aliphatic heterocycles. The molecule has 0 aliphatic carbocycles. The van der Waals surface area contributed by atoms with Crippen molar-refractivity contribution in [3.8, 4) is 0 Å². The van der Waals surface area contributed by atoms with Gasteiger partial charge in [0.2, 0.25) is 0 Å². The number of carbonyl (C=O) groups excluding carboxylic acids is 1. The van der Waals surface area contributed by atoms with Gasteiger partial charge in [-0.1, -0.05) is 90.2 Å². The van der Waals surface area contributed by atoms with E-state index >= 15 is 0 Å². The molecule has 7 heteroatoms. The second-order valence-corrected chi connectivity index (χ2v) is 10.4. The maximum Gasteiger partial charge on any atom is 0.338 e. The zero-order valence-electron chi connectivity index (χ0n) is 21.7. The molecule has 0 saturated carbocycles. The molecule has 39 heavy (non-hydrogen) atoms. The van der Waals surface area contributed by atoms with E-state index in [1.165, 1.54) is 16.9 Å². The summed E-state index contributed by atoms with van der Waals surface area (Å²) in [6.07, 6.45) is 4.04. The van der Waals surface area contributed by atoms with Crippen LogP contribution in [0, 0.1) is 0 Å². The van der Waals surface area contributed by atoms with E-state index in [0.29, 0.717) is 20.6 Å². The lowest BCUT2D eigenvalue weighted by Crippen LogP contribution is -2.39. The first kappa shape index (κ1) is 24.8. The van der Waals surface area contributed by atoms with Crippen LogP contribution in [0.1, 0.15) is 36.6 Å². The van der Waals surface area contributed by atoms with Crippen LogP contribution in [0.2, 0.25) is 0 Å². The van der Waals surface area contributed by atoms with E-state index in [-0.39, 0.29) is 12.2 Å². The molecule has 2 aromatic heterocycles. The predicted molar refractivity (Wildman–Crippen MR) is 154 cm³/mol. The van der Waals surface area contributed by atoms with Gasteiger partial charge in [0, 0.05) is 29.2 Å². The van der Waals surface area contributed by atoms with Crippen LogP contribution < -0.4 is 14.9 Å². The smallest absolute Gasteiger partial charge is 0.338 e. The van der Waals surface area contributed by atoms with Crippen molar-refractivity contribution in [2.24, 2.45) is 4.99 Å². The van der Waals surface area contributed by atoms with Crippen molar-refractivity contribution >= 4 is 34.3 Å². The number of ether oxygens (including phenoxy) is 1. The van der Waals surface area contributed by atoms with Crippen LogP contribution in [-0.4, -0.2) is 21.7 Å². The molecular weight excluding hydrogens is 506 g/mol. The molecule has 0 spiro atoms. The molecule has 0 N–H and O–H groups in total. The fourth-order valence-corrected chi connectivity index (χ4v) is 6.22. The third kappa shape index (κ3) is 4.55. The first-order valence-corrected chi connectivity index (χ1v) is 13.7. The summed E-state index contributed by atoms with van der Waals surface area (Å²) in [4.78, 5) is 32.3. The summed E-state index contributed by atoms with van der Waals surface area (Å²) >= 11 is 1.34. The number of hydrogen-bond donors (Lipinski definition) is 0. The summed E-state index contributed by atoms with van der Waals surface area (Å²) in [5.41, 5.74) is 4.88. The van der Waals surface area contributed by atoms with Gasteiger partial charge in [-0.15, -0.1) is 0 Å². The van der Waals surface area contributed by atoms with Crippen LogP contribution >= 0.6 is 11.3 Å². The summed E-state index contributed by atoms with van der Waals surface area (Å²) in [5.74, 6) is -0.453. The van der Waals surface area contributed by atoms with E-state index in [4.69, 9.17) is 4.74 Å². The quantitative estimate of drug-likeness (QED) is 0.295. The summed E-state index contributed by atoms with van der Waals surface area (Å²) in [6.45, 7) is 4.55. The van der Waals surface area contributed by atoms with Crippen molar-refractivity contribution in [2.45, 2.75) is 26.4 Å². The molecule has 6 nitrogen and oxygen atoms in total. The molecule has 6 rings (SSSR count). The molecule has 1 atom stereocenters. The molecule has 0 amide bonds. The van der Waals surface area contributed by atoms with Crippen LogP contribution in [-0.2, 0) is 16.1 Å². The van der Waals surface area contributed by atoms with Gasteiger partial charge in [-0.2, -0.15) is 0 Å². The van der Waals surface area contributed by atoms with E-state index in [0.717, 1.165) is 28.6 Å². The van der Waals surface area contributed by atoms with E-state index in [1.54, 1.807) is 18.4 Å². The van der Waals surface area contributed by atoms with Gasteiger partial charge in [0.15, 0.2) is 4.80 Å². The molecule has 5 aromatic rings. The number of para-hydroxylation sites is 1. The molecular formula is C32H27N3O3S. The second kappa shape index (κ2) is 10.3. The van der Waals surface area contributed by atoms with Crippen molar-refractivity contribution in [3.05, 3.63) is 139 Å². The van der Waals surface area contributed by atoms with E-state index in [2.05, 4.69) is 40.0 Å². The number of hydrogen-bond acceptors (Lipinski definition) is 5. The fourth-order valence-electron chi connectivity index (χ4n) is 5.18. The summed E-state index contributed by atoms with van der Waals surface area (Å²) in [5, 5.41) is 1.07. The van der Waals surface area contributed by atoms with Crippen molar-refractivity contribution in [2.75, 3.05) is 6.61 Å². The highest BCUT2D eigenvalue weighted by atomic mass is 32.1. The summed E-state index contributed by atoms with van der Waals surface area (Å²) in [7, 11) is 0. The highest BCUT2D eigenvalue weighted by Crippen LogP contribution is 2.30. The van der Waals surface area contributed by atoms with Crippen LogP contribution in [0.25, 0.3) is 17.0 Å². The van der Waals surface area contributed by atoms with Gasteiger partial charge in [0.25, 0.3) is 5.56 Å². The largest absolute Gasteiger partial charge is 0.463 e. The lowest BCUT2D eigenvalue weighted by atomic mass is 9.96. The Labute approximate surface area is 229 Å². The number of fused-ring (bicyclic) bond motifs is 2. The minimum atomic E-state index is -0.608. The number of allylic oxidation sites excluding steroid dienone is 1. The number of nitrogens with zero attached hydrogens (tertiary/aromatic N) is 3. The van der Waals surface area contributed by atoms with Crippen molar-refractivity contribution < 1.29 is 9.53 Å². The second-order valence-electron chi connectivity index (χ2n) is 9.43. The molecule has 0 unspecified atom stereocenters. The van der Waals surface area contributed by atoms with Crippen molar-refractivity contribution in [3.63, 3.8) is 0 Å². The van der Waals surface area contributed by atoms with Crippen LogP contribution in [0.5, 0.6) is 0 Å². The lowest BCUT2D eigenvalue weighted by molar-refractivity contribution is -0.139. The lowest BCUT2D eigenvalue weighted by Gasteiger charge is -2.24. The van der Waals surface area contributed by atoms with Crippen LogP contribution in [0.4, 0.5) is 0 Å². The monoisotopic (exact) mass is 533 g/mol. The number of carbonyl (C=O) groups is 1. The molecule has 0 bridgehead atoms. The van der Waals surface area contributed by atoms with Gasteiger partial charge in [0.1, 0.15) is 0 Å². The SMILES string of the molecule is CCOC(=O)C1=C(C)N=c2s/c(=C/c3cn(Cc4ccccc4)c4ccccc34)c(=O)n2[C@@H]1c1ccccc1. The van der Waals surface area contributed by atoms with Crippen LogP contribution in [0.15, 0.2) is 112 Å². The van der Waals surface area contributed by atoms with Crippen molar-refractivity contribution in [1.29, 1.82) is 0 Å². The Balaban J connectivity index is 1.52. The third-order valence-electron chi connectivity index (χ3n) is 6.93.